The number of thiophene rings is 1. The van der Waals surface area contributed by atoms with Crippen LogP contribution in [-0.4, -0.2) is 38.5 Å². The first kappa shape index (κ1) is 15.0. The molecular formula is C14H15N3O3S. The number of aliphatic carboxylic acids is 1. The second kappa shape index (κ2) is 6.36. The Morgan fingerprint density at radius 1 is 1.52 bits per heavy atom. The lowest BCUT2D eigenvalue weighted by Crippen LogP contribution is -2.26. The van der Waals surface area contributed by atoms with Crippen molar-refractivity contribution in [2.75, 3.05) is 7.05 Å². The lowest BCUT2D eigenvalue weighted by atomic mass is 10.2. The number of amides is 1. The van der Waals surface area contributed by atoms with E-state index in [4.69, 9.17) is 5.11 Å². The summed E-state index contributed by atoms with van der Waals surface area (Å²) in [6, 6.07) is 1.87. The standard InChI is InChI=1S/C14H15N3O3S/c1-16-7-12(15-9-16)14(20)17(2)6-11-5-10(8-21-11)3-4-13(18)19/h3-5,7-9H,6H2,1-2H3,(H,18,19)/b4-3+. The quantitative estimate of drug-likeness (QED) is 0.855. The molecule has 2 heterocycles. The van der Waals surface area contributed by atoms with Gasteiger partial charge in [-0.2, -0.15) is 0 Å². The molecule has 0 aliphatic heterocycles. The number of hydrogen-bond donors (Lipinski definition) is 1. The highest BCUT2D eigenvalue weighted by atomic mass is 32.1. The van der Waals surface area contributed by atoms with Crippen molar-refractivity contribution in [1.82, 2.24) is 14.5 Å². The summed E-state index contributed by atoms with van der Waals surface area (Å²) in [6.45, 7) is 0.459. The van der Waals surface area contributed by atoms with Crippen LogP contribution in [0.3, 0.4) is 0 Å². The van der Waals surface area contributed by atoms with E-state index >= 15 is 0 Å². The van der Waals surface area contributed by atoms with Crippen molar-refractivity contribution >= 4 is 29.3 Å². The molecule has 21 heavy (non-hydrogen) atoms. The van der Waals surface area contributed by atoms with Crippen LogP contribution in [0.1, 0.15) is 20.9 Å². The molecule has 0 bridgehead atoms. The zero-order valence-electron chi connectivity index (χ0n) is 11.7. The first-order valence-corrected chi connectivity index (χ1v) is 7.05. The molecule has 0 saturated carbocycles. The number of nitrogens with zero attached hydrogens (tertiary/aromatic N) is 3. The highest BCUT2D eigenvalue weighted by Gasteiger charge is 2.15. The zero-order chi connectivity index (χ0) is 15.4. The van der Waals surface area contributed by atoms with E-state index in [1.54, 1.807) is 29.0 Å². The predicted octanol–water partition coefficient (Wildman–Crippen LogP) is 1.85. The van der Waals surface area contributed by atoms with Crippen molar-refractivity contribution in [3.8, 4) is 0 Å². The summed E-state index contributed by atoms with van der Waals surface area (Å²) in [4.78, 5) is 29.2. The van der Waals surface area contributed by atoms with E-state index < -0.39 is 5.97 Å². The molecule has 0 spiro atoms. The third-order valence-electron chi connectivity index (χ3n) is 2.76. The average molecular weight is 305 g/mol. The van der Waals surface area contributed by atoms with Gasteiger partial charge in [-0.3, -0.25) is 4.79 Å². The lowest BCUT2D eigenvalue weighted by molar-refractivity contribution is -0.131. The number of carboxylic acids is 1. The van der Waals surface area contributed by atoms with Gasteiger partial charge < -0.3 is 14.6 Å². The van der Waals surface area contributed by atoms with Crippen molar-refractivity contribution in [3.05, 3.63) is 46.2 Å². The minimum absolute atomic E-state index is 0.147. The number of imidazole rings is 1. The molecule has 0 fully saturated rings. The molecule has 7 heteroatoms. The maximum atomic E-state index is 12.1. The number of hydrogen-bond acceptors (Lipinski definition) is 4. The van der Waals surface area contributed by atoms with E-state index in [0.29, 0.717) is 12.2 Å². The molecule has 0 atom stereocenters. The van der Waals surface area contributed by atoms with Gasteiger partial charge in [0.15, 0.2) is 0 Å². The molecule has 0 unspecified atom stereocenters. The Labute approximate surface area is 126 Å². The number of rotatable bonds is 5. The molecule has 1 N–H and O–H groups in total. The van der Waals surface area contributed by atoms with Crippen LogP contribution in [0.15, 0.2) is 30.0 Å². The second-order valence-electron chi connectivity index (χ2n) is 4.60. The predicted molar refractivity (Wildman–Crippen MR) is 80.0 cm³/mol. The van der Waals surface area contributed by atoms with Crippen molar-refractivity contribution < 1.29 is 14.7 Å². The third-order valence-corrected chi connectivity index (χ3v) is 3.70. The third kappa shape index (κ3) is 4.03. The highest BCUT2D eigenvalue weighted by molar-refractivity contribution is 7.10. The van der Waals surface area contributed by atoms with Crippen LogP contribution in [0.2, 0.25) is 0 Å². The van der Waals surface area contributed by atoms with E-state index in [9.17, 15) is 9.59 Å². The number of aryl methyl sites for hydroxylation is 1. The second-order valence-corrected chi connectivity index (χ2v) is 5.60. The van der Waals surface area contributed by atoms with Gasteiger partial charge in [0.05, 0.1) is 12.9 Å². The van der Waals surface area contributed by atoms with E-state index in [0.717, 1.165) is 16.5 Å². The van der Waals surface area contributed by atoms with Gasteiger partial charge in [-0.25, -0.2) is 9.78 Å². The van der Waals surface area contributed by atoms with E-state index in [-0.39, 0.29) is 5.91 Å². The van der Waals surface area contributed by atoms with E-state index in [2.05, 4.69) is 4.98 Å². The number of carbonyl (C=O) groups is 2. The Morgan fingerprint density at radius 3 is 2.90 bits per heavy atom. The van der Waals surface area contributed by atoms with Crippen LogP contribution in [0, 0.1) is 0 Å². The summed E-state index contributed by atoms with van der Waals surface area (Å²) in [5.74, 6) is -1.13. The largest absolute Gasteiger partial charge is 0.478 e. The van der Waals surface area contributed by atoms with Gasteiger partial charge in [-0.05, 0) is 23.1 Å². The van der Waals surface area contributed by atoms with E-state index in [1.807, 2.05) is 18.5 Å². The summed E-state index contributed by atoms with van der Waals surface area (Å²) in [5.41, 5.74) is 1.22. The number of carboxylic acid groups (broad SMARTS) is 1. The van der Waals surface area contributed by atoms with Crippen molar-refractivity contribution in [3.63, 3.8) is 0 Å². The first-order chi connectivity index (χ1) is 9.95. The summed E-state index contributed by atoms with van der Waals surface area (Å²) < 4.78 is 1.72. The summed E-state index contributed by atoms with van der Waals surface area (Å²) in [5, 5.41) is 10.4. The topological polar surface area (TPSA) is 75.4 Å². The van der Waals surface area contributed by atoms with Gasteiger partial charge in [-0.15, -0.1) is 11.3 Å². The minimum atomic E-state index is -0.981. The monoisotopic (exact) mass is 305 g/mol. The fraction of sp³-hybridized carbons (Fsp3) is 0.214. The van der Waals surface area contributed by atoms with Gasteiger partial charge >= 0.3 is 5.97 Å². The minimum Gasteiger partial charge on any atom is -0.478 e. The lowest BCUT2D eigenvalue weighted by Gasteiger charge is -2.14. The fourth-order valence-electron chi connectivity index (χ4n) is 1.76. The molecule has 0 saturated heterocycles. The van der Waals surface area contributed by atoms with Gasteiger partial charge in [0.1, 0.15) is 5.69 Å². The van der Waals surface area contributed by atoms with Gasteiger partial charge in [-0.1, -0.05) is 0 Å². The highest BCUT2D eigenvalue weighted by Crippen LogP contribution is 2.18. The Morgan fingerprint density at radius 2 is 2.29 bits per heavy atom. The molecule has 110 valence electrons. The van der Waals surface area contributed by atoms with Crippen molar-refractivity contribution in [2.24, 2.45) is 7.05 Å². The maximum Gasteiger partial charge on any atom is 0.328 e. The van der Waals surface area contributed by atoms with E-state index in [1.165, 1.54) is 17.4 Å². The van der Waals surface area contributed by atoms with Crippen LogP contribution < -0.4 is 0 Å². The summed E-state index contributed by atoms with van der Waals surface area (Å²) in [6.07, 6.45) is 5.88. The Bertz CT molecular complexity index is 687. The maximum absolute atomic E-state index is 12.1. The molecule has 2 rings (SSSR count). The zero-order valence-corrected chi connectivity index (χ0v) is 12.5. The molecule has 6 nitrogen and oxygen atoms in total. The molecule has 0 aliphatic rings. The smallest absolute Gasteiger partial charge is 0.328 e. The van der Waals surface area contributed by atoms with Crippen LogP contribution in [0.5, 0.6) is 0 Å². The van der Waals surface area contributed by atoms with Gasteiger partial charge in [0.2, 0.25) is 0 Å². The van der Waals surface area contributed by atoms with Crippen LogP contribution >= 0.6 is 11.3 Å². The van der Waals surface area contributed by atoms with Crippen LogP contribution in [0.25, 0.3) is 6.08 Å². The Hall–Kier alpha value is -2.41. The molecule has 0 radical (unpaired) electrons. The average Bonchev–Trinajstić information content (AvgIpc) is 3.04. The SMILES string of the molecule is CN(Cc1cc(/C=C/C(=O)O)cs1)C(=O)c1cn(C)cn1. The van der Waals surface area contributed by atoms with Crippen LogP contribution in [-0.2, 0) is 18.4 Å². The van der Waals surface area contributed by atoms with Crippen molar-refractivity contribution in [2.45, 2.75) is 6.54 Å². The van der Waals surface area contributed by atoms with Gasteiger partial charge in [0.25, 0.3) is 5.91 Å². The number of aromatic nitrogens is 2. The normalized spacial score (nSPS) is 11.0. The Kier molecular flexibility index (Phi) is 4.54. The van der Waals surface area contributed by atoms with Crippen LogP contribution in [0.4, 0.5) is 0 Å². The van der Waals surface area contributed by atoms with Gasteiger partial charge in [0, 0.05) is 31.2 Å². The molecule has 0 aromatic carbocycles. The molecule has 1 amide bonds. The number of carbonyl (C=O) groups excluding carboxylic acids is 1. The Balaban J connectivity index is 2.01. The fourth-order valence-corrected chi connectivity index (χ4v) is 2.67. The summed E-state index contributed by atoms with van der Waals surface area (Å²) in [7, 11) is 3.52. The first-order valence-electron chi connectivity index (χ1n) is 6.17. The molecular weight excluding hydrogens is 290 g/mol. The molecule has 2 aromatic rings. The molecule has 2 aromatic heterocycles. The molecule has 0 aliphatic carbocycles. The summed E-state index contributed by atoms with van der Waals surface area (Å²) >= 11 is 1.48. The van der Waals surface area contributed by atoms with Crippen molar-refractivity contribution in [1.29, 1.82) is 0 Å².